The molecule has 16 heavy (non-hydrogen) atoms. The Morgan fingerprint density at radius 1 is 1.25 bits per heavy atom. The highest BCUT2D eigenvalue weighted by molar-refractivity contribution is 7.15. The van der Waals surface area contributed by atoms with Gasteiger partial charge in [0.1, 0.15) is 5.82 Å². The normalized spacial score (nSPS) is 11.1. The molecule has 4 nitrogen and oxygen atoms in total. The highest BCUT2D eigenvalue weighted by Crippen LogP contribution is 2.25. The molecule has 6 heteroatoms. The Morgan fingerprint density at radius 2 is 2.00 bits per heavy atom. The molecule has 0 atom stereocenters. The van der Waals surface area contributed by atoms with Gasteiger partial charge in [-0.15, -0.1) is 16.4 Å². The predicted octanol–water partition coefficient (Wildman–Crippen LogP) is 2.18. The lowest BCUT2D eigenvalue weighted by atomic mass is 10.2. The molecule has 0 unspecified atom stereocenters. The Labute approximate surface area is 94.2 Å². The molecule has 0 bridgehead atoms. The van der Waals surface area contributed by atoms with Crippen molar-refractivity contribution >= 4 is 22.2 Å². The van der Waals surface area contributed by atoms with Crippen LogP contribution in [0.2, 0.25) is 0 Å². The summed E-state index contributed by atoms with van der Waals surface area (Å²) in [6.07, 6.45) is 0. The largest absolute Gasteiger partial charge is 0.366 e. The van der Waals surface area contributed by atoms with Gasteiger partial charge in [0.2, 0.25) is 10.9 Å². The van der Waals surface area contributed by atoms with E-state index in [2.05, 4.69) is 10.1 Å². The molecule has 0 amide bonds. The van der Waals surface area contributed by atoms with Crippen LogP contribution in [0.3, 0.4) is 0 Å². The number of fused-ring (bicyclic) bond motifs is 1. The van der Waals surface area contributed by atoms with Crippen LogP contribution in [0.5, 0.6) is 0 Å². The number of aromatic nitrogens is 3. The number of hydrogen-bond acceptors (Lipinski definition) is 4. The quantitative estimate of drug-likeness (QED) is 0.702. The van der Waals surface area contributed by atoms with E-state index < -0.39 is 0 Å². The zero-order valence-corrected chi connectivity index (χ0v) is 8.91. The first kappa shape index (κ1) is 9.29. The number of nitrogen functional groups attached to an aromatic ring is 1. The summed E-state index contributed by atoms with van der Waals surface area (Å²) >= 11 is 1.45. The molecule has 1 aromatic carbocycles. The number of nitrogens with two attached hydrogens (primary N) is 1. The summed E-state index contributed by atoms with van der Waals surface area (Å²) < 4.78 is 14.5. The third kappa shape index (κ3) is 1.35. The SMILES string of the molecule is Nc1nc2scc(-c3ccc(F)cc3)n2n1. The summed E-state index contributed by atoms with van der Waals surface area (Å²) in [5, 5.41) is 5.99. The van der Waals surface area contributed by atoms with Gasteiger partial charge in [0, 0.05) is 10.9 Å². The molecule has 0 aliphatic rings. The lowest BCUT2D eigenvalue weighted by Crippen LogP contribution is -1.91. The molecule has 0 radical (unpaired) electrons. The summed E-state index contributed by atoms with van der Waals surface area (Å²) in [4.78, 5) is 4.78. The second-order valence-electron chi connectivity index (χ2n) is 3.29. The molecule has 0 spiro atoms. The predicted molar refractivity (Wildman–Crippen MR) is 60.7 cm³/mol. The first-order chi connectivity index (χ1) is 7.74. The minimum Gasteiger partial charge on any atom is -0.366 e. The smallest absolute Gasteiger partial charge is 0.241 e. The summed E-state index contributed by atoms with van der Waals surface area (Å²) in [5.74, 6) is -0.0106. The van der Waals surface area contributed by atoms with Crippen molar-refractivity contribution < 1.29 is 4.39 Å². The summed E-state index contributed by atoms with van der Waals surface area (Å²) in [5.41, 5.74) is 7.26. The van der Waals surface area contributed by atoms with Crippen molar-refractivity contribution in [3.8, 4) is 11.3 Å². The lowest BCUT2D eigenvalue weighted by Gasteiger charge is -1.97. The molecule has 0 aliphatic carbocycles. The number of nitrogens with zero attached hydrogens (tertiary/aromatic N) is 3. The van der Waals surface area contributed by atoms with Gasteiger partial charge in [-0.05, 0) is 24.3 Å². The summed E-state index contributed by atoms with van der Waals surface area (Å²) in [6, 6.07) is 6.24. The average Bonchev–Trinajstić information content (AvgIpc) is 2.78. The van der Waals surface area contributed by atoms with Gasteiger partial charge in [-0.2, -0.15) is 4.98 Å². The third-order valence-electron chi connectivity index (χ3n) is 2.24. The van der Waals surface area contributed by atoms with E-state index in [0.717, 1.165) is 16.2 Å². The highest BCUT2D eigenvalue weighted by atomic mass is 32.1. The second kappa shape index (κ2) is 3.28. The lowest BCUT2D eigenvalue weighted by molar-refractivity contribution is 0.628. The fourth-order valence-electron chi connectivity index (χ4n) is 1.52. The zero-order chi connectivity index (χ0) is 11.1. The molecule has 80 valence electrons. The number of thiazole rings is 1. The van der Waals surface area contributed by atoms with E-state index in [1.54, 1.807) is 16.6 Å². The van der Waals surface area contributed by atoms with Crippen molar-refractivity contribution in [3.63, 3.8) is 0 Å². The van der Waals surface area contributed by atoms with E-state index in [9.17, 15) is 4.39 Å². The van der Waals surface area contributed by atoms with Gasteiger partial charge in [0.15, 0.2) is 0 Å². The zero-order valence-electron chi connectivity index (χ0n) is 8.09. The molecule has 3 rings (SSSR count). The van der Waals surface area contributed by atoms with Crippen molar-refractivity contribution in [2.45, 2.75) is 0 Å². The Kier molecular flexibility index (Phi) is 1.90. The number of hydrogen-bond donors (Lipinski definition) is 1. The van der Waals surface area contributed by atoms with E-state index in [-0.39, 0.29) is 11.8 Å². The van der Waals surface area contributed by atoms with Crippen LogP contribution in [0, 0.1) is 5.82 Å². The van der Waals surface area contributed by atoms with Crippen LogP contribution in [-0.4, -0.2) is 14.6 Å². The monoisotopic (exact) mass is 234 g/mol. The van der Waals surface area contributed by atoms with E-state index in [0.29, 0.717) is 0 Å². The van der Waals surface area contributed by atoms with Crippen molar-refractivity contribution in [1.29, 1.82) is 0 Å². The van der Waals surface area contributed by atoms with Gasteiger partial charge in [0.05, 0.1) is 5.69 Å². The van der Waals surface area contributed by atoms with Gasteiger partial charge in [0.25, 0.3) is 0 Å². The van der Waals surface area contributed by atoms with Gasteiger partial charge >= 0.3 is 0 Å². The van der Waals surface area contributed by atoms with Crippen molar-refractivity contribution in [1.82, 2.24) is 14.6 Å². The minimum atomic E-state index is -0.256. The molecule has 2 aromatic heterocycles. The maximum atomic E-state index is 12.8. The van der Waals surface area contributed by atoms with Crippen LogP contribution >= 0.6 is 11.3 Å². The topological polar surface area (TPSA) is 56.2 Å². The summed E-state index contributed by atoms with van der Waals surface area (Å²) in [6.45, 7) is 0. The maximum absolute atomic E-state index is 12.8. The van der Waals surface area contributed by atoms with E-state index in [1.807, 2.05) is 5.38 Å². The van der Waals surface area contributed by atoms with Gasteiger partial charge in [-0.1, -0.05) is 0 Å². The first-order valence-electron chi connectivity index (χ1n) is 4.60. The van der Waals surface area contributed by atoms with Crippen molar-refractivity contribution in [2.75, 3.05) is 5.73 Å². The fraction of sp³-hybridized carbons (Fsp3) is 0. The standard InChI is InChI=1S/C10H7FN4S/c11-7-3-1-6(2-4-7)8-5-16-10-13-9(12)14-15(8)10/h1-5H,(H2,12,14). The van der Waals surface area contributed by atoms with E-state index >= 15 is 0 Å². The first-order valence-corrected chi connectivity index (χ1v) is 5.48. The molecule has 0 saturated heterocycles. The molecule has 0 aliphatic heterocycles. The number of benzene rings is 1. The molecule has 0 saturated carbocycles. The van der Waals surface area contributed by atoms with Gasteiger partial charge < -0.3 is 5.73 Å². The van der Waals surface area contributed by atoms with Crippen LogP contribution < -0.4 is 5.73 Å². The van der Waals surface area contributed by atoms with Gasteiger partial charge in [-0.3, -0.25) is 0 Å². The van der Waals surface area contributed by atoms with Crippen molar-refractivity contribution in [2.24, 2.45) is 0 Å². The number of rotatable bonds is 1. The third-order valence-corrected chi connectivity index (χ3v) is 3.05. The van der Waals surface area contributed by atoms with Crippen LogP contribution in [0.25, 0.3) is 16.2 Å². The Bertz CT molecular complexity index is 640. The summed E-state index contributed by atoms with van der Waals surface area (Å²) in [7, 11) is 0. The molecule has 2 heterocycles. The molecular formula is C10H7FN4S. The number of halogens is 1. The average molecular weight is 234 g/mol. The molecule has 0 fully saturated rings. The Morgan fingerprint density at radius 3 is 2.75 bits per heavy atom. The Hall–Kier alpha value is -1.95. The van der Waals surface area contributed by atoms with E-state index in [1.165, 1.54) is 23.5 Å². The Balaban J connectivity index is 2.21. The highest BCUT2D eigenvalue weighted by Gasteiger charge is 2.09. The fourth-order valence-corrected chi connectivity index (χ4v) is 2.35. The maximum Gasteiger partial charge on any atom is 0.241 e. The molecule has 2 N–H and O–H groups in total. The van der Waals surface area contributed by atoms with Gasteiger partial charge in [-0.25, -0.2) is 8.91 Å². The van der Waals surface area contributed by atoms with E-state index in [4.69, 9.17) is 5.73 Å². The van der Waals surface area contributed by atoms with Crippen LogP contribution in [0.1, 0.15) is 0 Å². The van der Waals surface area contributed by atoms with Crippen molar-refractivity contribution in [3.05, 3.63) is 35.5 Å². The van der Waals surface area contributed by atoms with Crippen LogP contribution in [0.15, 0.2) is 29.6 Å². The number of anilines is 1. The van der Waals surface area contributed by atoms with Crippen LogP contribution in [-0.2, 0) is 0 Å². The molecular weight excluding hydrogens is 227 g/mol. The van der Waals surface area contributed by atoms with Crippen LogP contribution in [0.4, 0.5) is 10.3 Å². The minimum absolute atomic E-state index is 0.246. The second-order valence-corrected chi connectivity index (χ2v) is 4.13. The molecule has 3 aromatic rings.